The number of benzene rings is 2. The summed E-state index contributed by atoms with van der Waals surface area (Å²) in [4.78, 5) is 4.83. The third kappa shape index (κ3) is 5.91. The van der Waals surface area contributed by atoms with E-state index in [0.29, 0.717) is 4.95 Å². The van der Waals surface area contributed by atoms with Crippen LogP contribution in [-0.4, -0.2) is 35.4 Å². The summed E-state index contributed by atoms with van der Waals surface area (Å²) >= 11 is 3.71. The van der Waals surface area contributed by atoms with Gasteiger partial charge in [0.05, 0.1) is 18.0 Å². The molecule has 0 aliphatic heterocycles. The van der Waals surface area contributed by atoms with E-state index in [1.54, 1.807) is 0 Å². The van der Waals surface area contributed by atoms with Crippen molar-refractivity contribution in [2.24, 2.45) is 0 Å². The molecule has 0 aliphatic carbocycles. The van der Waals surface area contributed by atoms with Crippen molar-refractivity contribution in [2.75, 3.05) is 20.6 Å². The Balaban J connectivity index is 2.00. The van der Waals surface area contributed by atoms with Crippen molar-refractivity contribution in [1.82, 2.24) is 9.80 Å². The second-order valence-corrected chi connectivity index (χ2v) is 6.56. The molecule has 1 atom stereocenters. The van der Waals surface area contributed by atoms with Crippen molar-refractivity contribution in [3.8, 4) is 0 Å². The van der Waals surface area contributed by atoms with Gasteiger partial charge in [0.15, 0.2) is 0 Å². The number of rotatable bonds is 8. The molecule has 1 unspecified atom stereocenters. The van der Waals surface area contributed by atoms with Crippen LogP contribution in [0.5, 0.6) is 0 Å². The molecule has 0 saturated carbocycles. The predicted octanol–water partition coefficient (Wildman–Crippen LogP) is 4.38. The van der Waals surface area contributed by atoms with Crippen LogP contribution in [0.15, 0.2) is 60.7 Å². The molecule has 2 aromatic carbocycles. The molecule has 2 radical (unpaired) electrons. The Morgan fingerprint density at radius 1 is 0.864 bits per heavy atom. The van der Waals surface area contributed by atoms with Gasteiger partial charge in [0.2, 0.25) is 0 Å². The van der Waals surface area contributed by atoms with Gasteiger partial charge < -0.3 is 0 Å². The average molecular weight is 359 g/mol. The highest BCUT2D eigenvalue weighted by atomic mass is 79.9. The maximum atomic E-state index is 3.71. The first-order valence-electron chi connectivity index (χ1n) is 7.51. The fourth-order valence-corrected chi connectivity index (χ4v) is 2.35. The first-order valence-corrected chi connectivity index (χ1v) is 8.43. The fourth-order valence-electron chi connectivity index (χ4n) is 2.14. The van der Waals surface area contributed by atoms with Gasteiger partial charge in [-0.05, 0) is 31.6 Å². The first-order chi connectivity index (χ1) is 10.6. The van der Waals surface area contributed by atoms with Gasteiger partial charge in [-0.1, -0.05) is 76.6 Å². The van der Waals surface area contributed by atoms with Crippen molar-refractivity contribution < 1.29 is 0 Å². The third-order valence-corrected chi connectivity index (χ3v) is 4.69. The van der Waals surface area contributed by atoms with Gasteiger partial charge in [-0.15, -0.1) is 0 Å². The van der Waals surface area contributed by atoms with E-state index in [9.17, 15) is 0 Å². The van der Waals surface area contributed by atoms with E-state index in [1.807, 2.05) is 12.1 Å². The zero-order valence-corrected chi connectivity index (χ0v) is 14.8. The van der Waals surface area contributed by atoms with Crippen molar-refractivity contribution in [3.05, 3.63) is 84.9 Å². The molecule has 0 aromatic heterocycles. The number of alkyl halides is 1. The molecular weight excluding hydrogens is 336 g/mol. The smallest absolute Gasteiger partial charge is 0.0662 e. The topological polar surface area (TPSA) is 6.48 Å². The number of nitrogens with zero attached hydrogens (tertiary/aromatic N) is 2. The molecule has 116 valence electrons. The lowest BCUT2D eigenvalue weighted by atomic mass is 10.1. The normalized spacial score (nSPS) is 12.8. The van der Waals surface area contributed by atoms with Crippen molar-refractivity contribution in [1.29, 1.82) is 0 Å². The zero-order valence-electron chi connectivity index (χ0n) is 13.2. The fraction of sp³-hybridized carbons (Fsp3) is 0.263. The van der Waals surface area contributed by atoms with Crippen molar-refractivity contribution >= 4 is 15.9 Å². The molecule has 0 heterocycles. The maximum absolute atomic E-state index is 3.71. The highest BCUT2D eigenvalue weighted by Crippen LogP contribution is 2.16. The van der Waals surface area contributed by atoms with Gasteiger partial charge in [0.25, 0.3) is 0 Å². The molecule has 22 heavy (non-hydrogen) atoms. The minimum absolute atomic E-state index is 0.378. The Morgan fingerprint density at radius 3 is 1.73 bits per heavy atom. The largest absolute Gasteiger partial charge is 0.297 e. The van der Waals surface area contributed by atoms with Gasteiger partial charge >= 0.3 is 0 Å². The molecule has 2 aromatic rings. The number of halogens is 1. The molecule has 3 heteroatoms. The van der Waals surface area contributed by atoms with E-state index in [-0.39, 0.29) is 0 Å². The SMILES string of the molecule is CN(C)C(Br)CCN([CH]c1ccccc1)[CH]c1ccccc1. The Bertz CT molecular complexity index is 486. The minimum Gasteiger partial charge on any atom is -0.297 e. The van der Waals surface area contributed by atoms with E-state index in [2.05, 4.69) is 101 Å². The Morgan fingerprint density at radius 2 is 1.32 bits per heavy atom. The van der Waals surface area contributed by atoms with Gasteiger partial charge in [-0.25, -0.2) is 0 Å². The van der Waals surface area contributed by atoms with Crippen molar-refractivity contribution in [3.63, 3.8) is 0 Å². The second kappa shape index (κ2) is 9.09. The molecule has 2 nitrogen and oxygen atoms in total. The summed E-state index contributed by atoms with van der Waals surface area (Å²) in [7, 11) is 4.18. The average Bonchev–Trinajstić information content (AvgIpc) is 2.54. The van der Waals surface area contributed by atoms with E-state index in [1.165, 1.54) is 11.1 Å². The highest BCUT2D eigenvalue weighted by Gasteiger charge is 2.12. The molecule has 0 aliphatic rings. The van der Waals surface area contributed by atoms with E-state index in [4.69, 9.17) is 0 Å². The van der Waals surface area contributed by atoms with Crippen molar-refractivity contribution in [2.45, 2.75) is 11.4 Å². The molecule has 0 fully saturated rings. The van der Waals surface area contributed by atoms with Crippen LogP contribution in [0.3, 0.4) is 0 Å². The lowest BCUT2D eigenvalue weighted by Gasteiger charge is -2.25. The lowest BCUT2D eigenvalue weighted by molar-refractivity contribution is 0.330. The summed E-state index contributed by atoms with van der Waals surface area (Å²) in [6.45, 7) is 5.35. The Hall–Kier alpha value is -1.16. The Kier molecular flexibility index (Phi) is 7.10. The van der Waals surface area contributed by atoms with Crippen LogP contribution in [0, 0.1) is 13.1 Å². The van der Waals surface area contributed by atoms with Crippen LogP contribution in [-0.2, 0) is 0 Å². The summed E-state index contributed by atoms with van der Waals surface area (Å²) in [5, 5.41) is 0. The van der Waals surface area contributed by atoms with E-state index < -0.39 is 0 Å². The van der Waals surface area contributed by atoms with Crippen LogP contribution < -0.4 is 0 Å². The monoisotopic (exact) mass is 358 g/mol. The quantitative estimate of drug-likeness (QED) is 0.510. The maximum Gasteiger partial charge on any atom is 0.0662 e. The zero-order chi connectivity index (χ0) is 15.8. The highest BCUT2D eigenvalue weighted by molar-refractivity contribution is 9.09. The molecule has 0 saturated heterocycles. The number of hydrogen-bond acceptors (Lipinski definition) is 2. The van der Waals surface area contributed by atoms with Gasteiger partial charge in [0, 0.05) is 6.54 Å². The van der Waals surface area contributed by atoms with Crippen LogP contribution in [0.1, 0.15) is 17.5 Å². The standard InChI is InChI=1S/C19H23BrN2/c1-21(2)19(20)13-14-22(15-17-9-5-3-6-10-17)16-18-11-7-4-8-12-18/h3-12,15-16,19H,13-14H2,1-2H3. The summed E-state index contributed by atoms with van der Waals surface area (Å²) in [6.07, 6.45) is 1.04. The third-order valence-electron chi connectivity index (χ3n) is 3.41. The molecular formula is C19H23BrN2. The predicted molar refractivity (Wildman–Crippen MR) is 97.4 cm³/mol. The van der Waals surface area contributed by atoms with Crippen LogP contribution >= 0.6 is 15.9 Å². The molecule has 2 rings (SSSR count). The first kappa shape index (κ1) is 17.2. The lowest BCUT2D eigenvalue weighted by Crippen LogP contribution is -2.28. The summed E-state index contributed by atoms with van der Waals surface area (Å²) in [6, 6.07) is 20.9. The summed E-state index contributed by atoms with van der Waals surface area (Å²) in [5.41, 5.74) is 2.43. The number of hydrogen-bond donors (Lipinski definition) is 0. The van der Waals surface area contributed by atoms with Crippen LogP contribution in [0.25, 0.3) is 0 Å². The van der Waals surface area contributed by atoms with Gasteiger partial charge in [-0.2, -0.15) is 0 Å². The minimum atomic E-state index is 0.378. The van der Waals surface area contributed by atoms with Crippen LogP contribution in [0.2, 0.25) is 0 Å². The van der Waals surface area contributed by atoms with Crippen LogP contribution in [0.4, 0.5) is 0 Å². The van der Waals surface area contributed by atoms with E-state index in [0.717, 1.165) is 13.0 Å². The van der Waals surface area contributed by atoms with Gasteiger partial charge in [0.1, 0.15) is 0 Å². The molecule has 0 N–H and O–H groups in total. The second-order valence-electron chi connectivity index (χ2n) is 5.50. The molecule has 0 spiro atoms. The summed E-state index contributed by atoms with van der Waals surface area (Å²) < 4.78 is 0. The van der Waals surface area contributed by atoms with E-state index >= 15 is 0 Å². The van der Waals surface area contributed by atoms with Gasteiger partial charge in [-0.3, -0.25) is 9.80 Å². The molecule has 0 amide bonds. The Labute approximate surface area is 142 Å². The molecule has 0 bridgehead atoms. The summed E-state index contributed by atoms with van der Waals surface area (Å²) in [5.74, 6) is 0.